The lowest BCUT2D eigenvalue weighted by Gasteiger charge is -2.13. The highest BCUT2D eigenvalue weighted by atomic mass is 35.5. The van der Waals surface area contributed by atoms with Crippen LogP contribution in [0.4, 0.5) is 0 Å². The summed E-state index contributed by atoms with van der Waals surface area (Å²) in [4.78, 5) is 16.5. The fraction of sp³-hybridized carbons (Fsp3) is 0.333. The van der Waals surface area contributed by atoms with E-state index in [-0.39, 0.29) is 0 Å². The Morgan fingerprint density at radius 2 is 1.90 bits per heavy atom. The van der Waals surface area contributed by atoms with Gasteiger partial charge in [0.25, 0.3) is 0 Å². The lowest BCUT2D eigenvalue weighted by molar-refractivity contribution is -0.139. The number of carboxylic acids is 1. The normalized spacial score (nSPS) is 12.1. The fourth-order valence-electron chi connectivity index (χ4n) is 3.40. The molecule has 1 atom stereocenters. The fourth-order valence-corrected chi connectivity index (χ4v) is 3.60. The Labute approximate surface area is 182 Å². The van der Waals surface area contributed by atoms with E-state index in [1.165, 1.54) is 0 Å². The van der Waals surface area contributed by atoms with Gasteiger partial charge in [-0.15, -0.1) is 0 Å². The van der Waals surface area contributed by atoms with E-state index in [4.69, 9.17) is 16.6 Å². The van der Waals surface area contributed by atoms with Crippen molar-refractivity contribution >= 4 is 17.6 Å². The second kappa shape index (κ2) is 11.0. The third-order valence-electron chi connectivity index (χ3n) is 5.07. The smallest absolute Gasteiger partial charge is 0.321 e. The number of hydrogen-bond acceptors (Lipinski definition) is 3. The van der Waals surface area contributed by atoms with Crippen molar-refractivity contribution in [2.75, 3.05) is 0 Å². The topological polar surface area (TPSA) is 67.2 Å². The van der Waals surface area contributed by atoms with Crippen molar-refractivity contribution in [3.05, 3.63) is 88.5 Å². The molecule has 158 valence electrons. The third-order valence-corrected chi connectivity index (χ3v) is 5.44. The molecule has 1 aromatic heterocycles. The van der Waals surface area contributed by atoms with Crippen molar-refractivity contribution in [2.45, 2.75) is 51.7 Å². The number of nitrogens with one attached hydrogen (secondary N) is 1. The first kappa shape index (κ1) is 22.1. The zero-order chi connectivity index (χ0) is 21.3. The van der Waals surface area contributed by atoms with E-state index < -0.39 is 12.0 Å². The first-order valence-corrected chi connectivity index (χ1v) is 10.7. The summed E-state index contributed by atoms with van der Waals surface area (Å²) >= 11 is 6.34. The predicted molar refractivity (Wildman–Crippen MR) is 120 cm³/mol. The largest absolute Gasteiger partial charge is 0.480 e. The molecule has 0 spiro atoms. The van der Waals surface area contributed by atoms with Crippen LogP contribution in [0.2, 0.25) is 5.02 Å². The number of halogens is 1. The van der Waals surface area contributed by atoms with Crippen LogP contribution in [-0.4, -0.2) is 26.7 Å². The van der Waals surface area contributed by atoms with Gasteiger partial charge in [-0.3, -0.25) is 10.1 Å². The summed E-state index contributed by atoms with van der Waals surface area (Å²) in [7, 11) is 0. The van der Waals surface area contributed by atoms with Crippen LogP contribution in [0, 0.1) is 0 Å². The molecule has 0 fully saturated rings. The molecule has 6 heteroatoms. The Kier molecular flexibility index (Phi) is 8.05. The number of imidazole rings is 1. The van der Waals surface area contributed by atoms with Gasteiger partial charge < -0.3 is 9.67 Å². The summed E-state index contributed by atoms with van der Waals surface area (Å²) in [6.07, 6.45) is 5.46. The van der Waals surface area contributed by atoms with Gasteiger partial charge in [0.2, 0.25) is 0 Å². The minimum Gasteiger partial charge on any atom is -0.480 e. The van der Waals surface area contributed by atoms with E-state index in [0.29, 0.717) is 19.5 Å². The van der Waals surface area contributed by atoms with Crippen molar-refractivity contribution in [3.8, 4) is 0 Å². The lowest BCUT2D eigenvalue weighted by atomic mass is 10.1. The van der Waals surface area contributed by atoms with Crippen LogP contribution in [0.15, 0.2) is 60.8 Å². The van der Waals surface area contributed by atoms with Crippen LogP contribution in [0.5, 0.6) is 0 Å². The minimum atomic E-state index is -0.861. The summed E-state index contributed by atoms with van der Waals surface area (Å²) in [5, 5.41) is 13.5. The number of hydrogen-bond donors (Lipinski definition) is 2. The van der Waals surface area contributed by atoms with E-state index in [1.807, 2.05) is 60.8 Å². The lowest BCUT2D eigenvalue weighted by Crippen LogP contribution is -2.38. The van der Waals surface area contributed by atoms with Gasteiger partial charge in [-0.05, 0) is 30.0 Å². The third kappa shape index (κ3) is 6.18. The molecule has 3 rings (SSSR count). The van der Waals surface area contributed by atoms with Gasteiger partial charge in [0.1, 0.15) is 11.9 Å². The molecule has 5 nitrogen and oxygen atoms in total. The Balaban J connectivity index is 1.72. The van der Waals surface area contributed by atoms with Gasteiger partial charge in [-0.2, -0.15) is 0 Å². The predicted octanol–water partition coefficient (Wildman–Crippen LogP) is 4.71. The molecule has 30 heavy (non-hydrogen) atoms. The Hall–Kier alpha value is -2.63. The Bertz CT molecular complexity index is 956. The summed E-state index contributed by atoms with van der Waals surface area (Å²) in [5.41, 5.74) is 2.87. The number of carboxylic acid groups (broad SMARTS) is 1. The van der Waals surface area contributed by atoms with Crippen LogP contribution in [0.1, 0.15) is 42.4 Å². The summed E-state index contributed by atoms with van der Waals surface area (Å²) in [6, 6.07) is 16.8. The molecule has 0 amide bonds. The maximum atomic E-state index is 11.7. The molecule has 0 radical (unpaired) electrons. The average Bonchev–Trinajstić information content (AvgIpc) is 3.13. The van der Waals surface area contributed by atoms with Gasteiger partial charge in [0, 0.05) is 24.2 Å². The highest BCUT2D eigenvalue weighted by Crippen LogP contribution is 2.18. The first-order valence-electron chi connectivity index (χ1n) is 10.3. The van der Waals surface area contributed by atoms with Gasteiger partial charge in [-0.1, -0.05) is 73.5 Å². The maximum Gasteiger partial charge on any atom is 0.321 e. The van der Waals surface area contributed by atoms with E-state index in [0.717, 1.165) is 46.9 Å². The second-order valence-corrected chi connectivity index (χ2v) is 7.84. The molecule has 1 heterocycles. The number of unbranched alkanes of at least 4 members (excludes halogenated alkanes) is 1. The number of rotatable bonds is 11. The van der Waals surface area contributed by atoms with Gasteiger partial charge in [0.15, 0.2) is 0 Å². The quantitative estimate of drug-likeness (QED) is 0.466. The minimum absolute atomic E-state index is 0.401. The molecule has 0 aliphatic rings. The standard InChI is InChI=1S/C24H28ClN3O2/c1-2-3-13-23-27-20(17-28(23)16-19-11-7-8-12-21(19)25)15-26-22(24(29)30)14-18-9-5-4-6-10-18/h4-12,17,22,26H,2-3,13-16H2,1H3,(H,29,30)/t22-/m0/s1. The van der Waals surface area contributed by atoms with Crippen molar-refractivity contribution < 1.29 is 9.90 Å². The number of benzene rings is 2. The zero-order valence-electron chi connectivity index (χ0n) is 17.2. The maximum absolute atomic E-state index is 11.7. The summed E-state index contributed by atoms with van der Waals surface area (Å²) in [5.74, 6) is 0.143. The number of carbonyl (C=O) groups is 1. The molecule has 0 aliphatic carbocycles. The second-order valence-electron chi connectivity index (χ2n) is 7.43. The number of aromatic nitrogens is 2. The van der Waals surface area contributed by atoms with E-state index in [2.05, 4.69) is 16.8 Å². The highest BCUT2D eigenvalue weighted by Gasteiger charge is 2.18. The molecular weight excluding hydrogens is 398 g/mol. The van der Waals surface area contributed by atoms with Crippen LogP contribution >= 0.6 is 11.6 Å². The molecule has 0 saturated heterocycles. The highest BCUT2D eigenvalue weighted by molar-refractivity contribution is 6.31. The Morgan fingerprint density at radius 1 is 1.17 bits per heavy atom. The van der Waals surface area contributed by atoms with Crippen molar-refractivity contribution in [2.24, 2.45) is 0 Å². The molecule has 2 aromatic carbocycles. The molecule has 2 N–H and O–H groups in total. The van der Waals surface area contributed by atoms with Crippen LogP contribution in [0.25, 0.3) is 0 Å². The molecule has 0 aliphatic heterocycles. The molecule has 0 unspecified atom stereocenters. The Morgan fingerprint density at radius 3 is 2.60 bits per heavy atom. The van der Waals surface area contributed by atoms with E-state index in [9.17, 15) is 9.90 Å². The number of aliphatic carboxylic acids is 1. The van der Waals surface area contributed by atoms with Crippen molar-refractivity contribution in [3.63, 3.8) is 0 Å². The van der Waals surface area contributed by atoms with Gasteiger partial charge >= 0.3 is 5.97 Å². The average molecular weight is 426 g/mol. The molecule has 0 bridgehead atoms. The SMILES string of the molecule is CCCCc1nc(CN[C@@H](Cc2ccccc2)C(=O)O)cn1Cc1ccccc1Cl. The molecule has 3 aromatic rings. The van der Waals surface area contributed by atoms with Crippen LogP contribution < -0.4 is 5.32 Å². The van der Waals surface area contributed by atoms with Gasteiger partial charge in [-0.25, -0.2) is 4.98 Å². The summed E-state index contributed by atoms with van der Waals surface area (Å²) < 4.78 is 2.13. The summed E-state index contributed by atoms with van der Waals surface area (Å²) in [6.45, 7) is 3.21. The van der Waals surface area contributed by atoms with Crippen LogP contribution in [-0.2, 0) is 30.7 Å². The van der Waals surface area contributed by atoms with Crippen molar-refractivity contribution in [1.82, 2.24) is 14.9 Å². The monoisotopic (exact) mass is 425 g/mol. The molecule has 0 saturated carbocycles. The number of nitrogens with zero attached hydrogens (tertiary/aromatic N) is 2. The van der Waals surface area contributed by atoms with Gasteiger partial charge in [0.05, 0.1) is 12.2 Å². The van der Waals surface area contributed by atoms with Crippen LogP contribution in [0.3, 0.4) is 0 Å². The van der Waals surface area contributed by atoms with Crippen molar-refractivity contribution in [1.29, 1.82) is 0 Å². The molecular formula is C24H28ClN3O2. The zero-order valence-corrected chi connectivity index (χ0v) is 18.0. The number of aryl methyl sites for hydroxylation is 1. The van der Waals surface area contributed by atoms with E-state index in [1.54, 1.807) is 0 Å². The van der Waals surface area contributed by atoms with E-state index >= 15 is 0 Å². The first-order chi connectivity index (χ1) is 14.6.